The number of nitro groups is 1. The van der Waals surface area contributed by atoms with E-state index in [1.165, 1.54) is 18.3 Å². The molecule has 0 spiro atoms. The van der Waals surface area contributed by atoms with E-state index in [1.54, 1.807) is 12.1 Å². The molecule has 2 aromatic carbocycles. The molecule has 0 saturated heterocycles. The van der Waals surface area contributed by atoms with Crippen molar-refractivity contribution < 1.29 is 14.5 Å². The summed E-state index contributed by atoms with van der Waals surface area (Å²) in [5.74, 6) is 0.169. The maximum absolute atomic E-state index is 11.7. The number of nitrogens with one attached hydrogen (secondary N) is 1. The minimum Gasteiger partial charge on any atom is -0.483 e. The smallest absolute Gasteiger partial charge is 0.288 e. The van der Waals surface area contributed by atoms with Crippen LogP contribution in [0.4, 0.5) is 5.69 Å². The lowest BCUT2D eigenvalue weighted by molar-refractivity contribution is -0.384. The molecule has 24 heavy (non-hydrogen) atoms. The Labute approximate surface area is 143 Å². The van der Waals surface area contributed by atoms with Crippen molar-refractivity contribution in [3.05, 3.63) is 68.7 Å². The highest BCUT2D eigenvalue weighted by Crippen LogP contribution is 2.24. The molecule has 1 amide bonds. The second kappa shape index (κ2) is 8.07. The third-order valence-electron chi connectivity index (χ3n) is 3.02. The van der Waals surface area contributed by atoms with Gasteiger partial charge >= 0.3 is 0 Å². The van der Waals surface area contributed by atoms with Gasteiger partial charge < -0.3 is 4.74 Å². The summed E-state index contributed by atoms with van der Waals surface area (Å²) >= 11 is 5.72. The highest BCUT2D eigenvalue weighted by Gasteiger charge is 2.11. The predicted molar refractivity (Wildman–Crippen MR) is 90.5 cm³/mol. The fourth-order valence-corrected chi connectivity index (χ4v) is 2.01. The number of ether oxygens (including phenoxy) is 1. The number of carbonyl (C=O) groups is 1. The molecular weight excluding hydrogens is 334 g/mol. The van der Waals surface area contributed by atoms with E-state index in [4.69, 9.17) is 16.3 Å². The first-order valence-electron chi connectivity index (χ1n) is 6.91. The number of nitro benzene ring substituents is 1. The van der Waals surface area contributed by atoms with Crippen LogP contribution in [0.25, 0.3) is 0 Å². The zero-order chi connectivity index (χ0) is 17.5. The molecule has 0 bridgehead atoms. The van der Waals surface area contributed by atoms with Crippen molar-refractivity contribution in [3.63, 3.8) is 0 Å². The Bertz CT molecular complexity index is 793. The summed E-state index contributed by atoms with van der Waals surface area (Å²) in [4.78, 5) is 21.9. The van der Waals surface area contributed by atoms with Gasteiger partial charge in [-0.2, -0.15) is 5.10 Å². The van der Waals surface area contributed by atoms with Crippen molar-refractivity contribution in [2.75, 3.05) is 6.61 Å². The average Bonchev–Trinajstić information content (AvgIpc) is 2.55. The molecule has 0 heterocycles. The topological polar surface area (TPSA) is 93.8 Å². The molecule has 0 unspecified atom stereocenters. The lowest BCUT2D eigenvalue weighted by Crippen LogP contribution is -2.24. The quantitative estimate of drug-likeness (QED) is 0.493. The summed E-state index contributed by atoms with van der Waals surface area (Å²) in [6, 6.07) is 11.5. The minimum absolute atomic E-state index is 0.0350. The van der Waals surface area contributed by atoms with E-state index in [9.17, 15) is 14.9 Å². The maximum Gasteiger partial charge on any atom is 0.288 e. The fraction of sp³-hybridized carbons (Fsp3) is 0.125. The Morgan fingerprint density at radius 2 is 2.12 bits per heavy atom. The Hall–Kier alpha value is -2.93. The summed E-state index contributed by atoms with van der Waals surface area (Å²) in [7, 11) is 0. The highest BCUT2D eigenvalue weighted by molar-refractivity contribution is 6.32. The Balaban J connectivity index is 1.90. The molecule has 2 aromatic rings. The van der Waals surface area contributed by atoms with Crippen LogP contribution in [0.15, 0.2) is 47.6 Å². The van der Waals surface area contributed by atoms with Gasteiger partial charge in [-0.25, -0.2) is 5.43 Å². The molecule has 0 atom stereocenters. The van der Waals surface area contributed by atoms with Crippen molar-refractivity contribution in [2.45, 2.75) is 6.92 Å². The van der Waals surface area contributed by atoms with Gasteiger partial charge in [0, 0.05) is 11.6 Å². The van der Waals surface area contributed by atoms with Crippen LogP contribution in [0, 0.1) is 17.0 Å². The van der Waals surface area contributed by atoms with Gasteiger partial charge in [-0.1, -0.05) is 35.9 Å². The molecular formula is C16H14ClN3O4. The molecule has 8 heteroatoms. The van der Waals surface area contributed by atoms with Crippen molar-refractivity contribution in [3.8, 4) is 5.75 Å². The van der Waals surface area contributed by atoms with Gasteiger partial charge in [0.25, 0.3) is 11.6 Å². The van der Waals surface area contributed by atoms with Gasteiger partial charge in [0.15, 0.2) is 6.61 Å². The van der Waals surface area contributed by atoms with Crippen LogP contribution in [0.3, 0.4) is 0 Å². The van der Waals surface area contributed by atoms with E-state index >= 15 is 0 Å². The summed E-state index contributed by atoms with van der Waals surface area (Å²) in [5.41, 5.74) is 3.41. The molecule has 0 aliphatic carbocycles. The van der Waals surface area contributed by atoms with Crippen molar-refractivity contribution in [1.82, 2.24) is 5.43 Å². The number of hydrogen-bond donors (Lipinski definition) is 1. The number of nitrogens with zero attached hydrogens (tertiary/aromatic N) is 2. The molecule has 0 aromatic heterocycles. The number of carbonyl (C=O) groups excluding carboxylic acids is 1. The molecule has 0 aliphatic heterocycles. The molecule has 2 rings (SSSR count). The first kappa shape index (κ1) is 17.4. The largest absolute Gasteiger partial charge is 0.483 e. The van der Waals surface area contributed by atoms with Gasteiger partial charge in [0.2, 0.25) is 0 Å². The number of para-hydroxylation sites is 1. The van der Waals surface area contributed by atoms with Crippen molar-refractivity contribution in [1.29, 1.82) is 0 Å². The molecule has 0 radical (unpaired) electrons. The number of hydrazone groups is 1. The van der Waals surface area contributed by atoms with E-state index in [0.717, 1.165) is 5.56 Å². The summed E-state index contributed by atoms with van der Waals surface area (Å²) in [6.07, 6.45) is 1.29. The number of rotatable bonds is 6. The van der Waals surface area contributed by atoms with E-state index in [2.05, 4.69) is 10.5 Å². The molecule has 1 N–H and O–H groups in total. The van der Waals surface area contributed by atoms with Crippen LogP contribution in [0.2, 0.25) is 5.02 Å². The first-order valence-corrected chi connectivity index (χ1v) is 7.29. The standard InChI is InChI=1S/C16H14ClN3O4/c1-11-4-2-3-5-15(11)24-10-16(21)19-18-9-12-6-7-13(17)14(8-12)20(22)23/h2-9H,10H2,1H3,(H,19,21)/b18-9+. The van der Waals surface area contributed by atoms with Gasteiger partial charge in [-0.05, 0) is 24.6 Å². The Kier molecular flexibility index (Phi) is 5.86. The summed E-state index contributed by atoms with van der Waals surface area (Å²) in [5, 5.41) is 14.6. The normalized spacial score (nSPS) is 10.6. The highest BCUT2D eigenvalue weighted by atomic mass is 35.5. The van der Waals surface area contributed by atoms with Crippen LogP contribution in [-0.2, 0) is 4.79 Å². The van der Waals surface area contributed by atoms with Crippen LogP contribution >= 0.6 is 11.6 Å². The fourth-order valence-electron chi connectivity index (χ4n) is 1.82. The van der Waals surface area contributed by atoms with Crippen molar-refractivity contribution >= 4 is 29.4 Å². The number of hydrogen-bond acceptors (Lipinski definition) is 5. The number of halogens is 1. The monoisotopic (exact) mass is 347 g/mol. The van der Waals surface area contributed by atoms with E-state index < -0.39 is 10.8 Å². The van der Waals surface area contributed by atoms with Gasteiger partial charge in [-0.15, -0.1) is 0 Å². The minimum atomic E-state index is -0.589. The zero-order valence-electron chi connectivity index (χ0n) is 12.7. The van der Waals surface area contributed by atoms with Crippen LogP contribution in [0.1, 0.15) is 11.1 Å². The predicted octanol–water partition coefficient (Wildman–Crippen LogP) is 3.09. The number of aryl methyl sites for hydroxylation is 1. The SMILES string of the molecule is Cc1ccccc1OCC(=O)N/N=C/c1ccc(Cl)c([N+](=O)[O-])c1. The Morgan fingerprint density at radius 1 is 1.38 bits per heavy atom. The van der Waals surface area contributed by atoms with E-state index in [1.807, 2.05) is 25.1 Å². The summed E-state index contributed by atoms with van der Waals surface area (Å²) < 4.78 is 5.37. The molecule has 0 aliphatic rings. The van der Waals surface area contributed by atoms with Gasteiger partial charge in [0.05, 0.1) is 11.1 Å². The molecule has 0 saturated carbocycles. The third-order valence-corrected chi connectivity index (χ3v) is 3.34. The molecule has 124 valence electrons. The van der Waals surface area contributed by atoms with Crippen molar-refractivity contribution in [2.24, 2.45) is 5.10 Å². The zero-order valence-corrected chi connectivity index (χ0v) is 13.5. The van der Waals surface area contributed by atoms with Crippen LogP contribution in [-0.4, -0.2) is 23.7 Å². The molecule has 0 fully saturated rings. The van der Waals surface area contributed by atoms with E-state index in [-0.39, 0.29) is 17.3 Å². The Morgan fingerprint density at radius 3 is 2.83 bits per heavy atom. The molecule has 7 nitrogen and oxygen atoms in total. The van der Waals surface area contributed by atoms with E-state index in [0.29, 0.717) is 11.3 Å². The maximum atomic E-state index is 11.7. The van der Waals surface area contributed by atoms with Gasteiger partial charge in [-0.3, -0.25) is 14.9 Å². The number of benzene rings is 2. The third kappa shape index (κ3) is 4.79. The lowest BCUT2D eigenvalue weighted by atomic mass is 10.2. The first-order chi connectivity index (χ1) is 11.5. The van der Waals surface area contributed by atoms with Crippen LogP contribution < -0.4 is 10.2 Å². The van der Waals surface area contributed by atoms with Gasteiger partial charge in [0.1, 0.15) is 10.8 Å². The lowest BCUT2D eigenvalue weighted by Gasteiger charge is -2.07. The second-order valence-corrected chi connectivity index (χ2v) is 5.22. The average molecular weight is 348 g/mol. The second-order valence-electron chi connectivity index (χ2n) is 4.82. The number of amides is 1. The van der Waals surface area contributed by atoms with Crippen LogP contribution in [0.5, 0.6) is 5.75 Å². The summed E-state index contributed by atoms with van der Waals surface area (Å²) in [6.45, 7) is 1.68.